The summed E-state index contributed by atoms with van der Waals surface area (Å²) in [7, 11) is 0. The van der Waals surface area contributed by atoms with E-state index >= 15 is 0 Å². The molecular weight excluding hydrogens is 877 g/mol. The Kier molecular flexibility index (Phi) is 10.3. The van der Waals surface area contributed by atoms with E-state index in [2.05, 4.69) is 229 Å². The van der Waals surface area contributed by atoms with Crippen LogP contribution in [0.5, 0.6) is 0 Å². The molecule has 336 valence electrons. The van der Waals surface area contributed by atoms with Gasteiger partial charge in [-0.25, -0.2) is 15.0 Å². The van der Waals surface area contributed by atoms with Gasteiger partial charge in [-0.05, 0) is 88.4 Å². The number of thiophene rings is 2. The minimum atomic E-state index is -0.129. The van der Waals surface area contributed by atoms with E-state index in [1.54, 1.807) is 0 Å². The molecular formula is C63H52N4S2. The van der Waals surface area contributed by atoms with Gasteiger partial charge in [0.05, 0.1) is 11.4 Å². The van der Waals surface area contributed by atoms with Crippen LogP contribution in [0.3, 0.4) is 0 Å². The molecule has 1 aliphatic heterocycles. The zero-order chi connectivity index (χ0) is 47.2. The van der Waals surface area contributed by atoms with Crippen LogP contribution in [0.25, 0.3) is 96.8 Å². The van der Waals surface area contributed by atoms with Crippen LogP contribution in [-0.4, -0.2) is 15.0 Å². The molecule has 0 saturated heterocycles. The van der Waals surface area contributed by atoms with Crippen LogP contribution in [0, 0.1) is 0 Å². The third-order valence-electron chi connectivity index (χ3n) is 13.7. The second-order valence-corrected chi connectivity index (χ2v) is 22.7. The van der Waals surface area contributed by atoms with Crippen molar-refractivity contribution in [3.8, 4) is 56.4 Å². The normalized spacial score (nSPS) is 13.1. The molecule has 0 fully saturated rings. The highest BCUT2D eigenvalue weighted by Gasteiger charge is 2.33. The number of aromatic nitrogens is 3. The van der Waals surface area contributed by atoms with Gasteiger partial charge in [-0.1, -0.05) is 181 Å². The van der Waals surface area contributed by atoms with Crippen LogP contribution in [0.4, 0.5) is 11.4 Å². The van der Waals surface area contributed by atoms with Gasteiger partial charge in [-0.3, -0.25) is 0 Å². The molecule has 0 radical (unpaired) electrons. The average Bonchev–Trinajstić information content (AvgIpc) is 3.93. The zero-order valence-electron chi connectivity index (χ0n) is 40.1. The quantitative estimate of drug-likeness (QED) is 0.167. The lowest BCUT2D eigenvalue weighted by Gasteiger charge is -2.40. The summed E-state index contributed by atoms with van der Waals surface area (Å²) in [5.74, 6) is 1.91. The molecule has 0 bridgehead atoms. The number of benzene rings is 8. The monoisotopic (exact) mass is 928 g/mol. The highest BCUT2D eigenvalue weighted by atomic mass is 32.1. The SMILES string of the molecule is CC1=CCc2cc(C(C)(C)C)cc(C(C)(C)C)c2N1c1c(-c2ccccc2)cc(-c2nc(-c3ccc4c(c3)sc3ccccc34)nc(-c3ccc4c(c3)sc3ccccc34)n2)cc1-c1ccccc1. The lowest BCUT2D eigenvalue weighted by Crippen LogP contribution is -2.27. The molecule has 0 amide bonds. The third-order valence-corrected chi connectivity index (χ3v) is 16.0. The van der Waals surface area contributed by atoms with Crippen LogP contribution in [0.2, 0.25) is 0 Å². The maximum atomic E-state index is 5.46. The Labute approximate surface area is 412 Å². The van der Waals surface area contributed by atoms with Gasteiger partial charge in [-0.15, -0.1) is 22.7 Å². The van der Waals surface area contributed by atoms with Gasteiger partial charge in [0.25, 0.3) is 0 Å². The van der Waals surface area contributed by atoms with E-state index in [1.807, 2.05) is 22.7 Å². The summed E-state index contributed by atoms with van der Waals surface area (Å²) >= 11 is 3.62. The average molecular weight is 929 g/mol. The summed E-state index contributed by atoms with van der Waals surface area (Å²) in [5, 5.41) is 5.02. The minimum absolute atomic E-state index is 0.00236. The number of hydrogen-bond acceptors (Lipinski definition) is 6. The summed E-state index contributed by atoms with van der Waals surface area (Å²) in [6.07, 6.45) is 3.28. The van der Waals surface area contributed by atoms with Crippen molar-refractivity contribution in [1.82, 2.24) is 15.0 Å². The molecule has 8 aromatic carbocycles. The number of nitrogens with zero attached hydrogens (tertiary/aromatic N) is 4. The molecule has 0 N–H and O–H groups in total. The van der Waals surface area contributed by atoms with E-state index in [0.29, 0.717) is 17.5 Å². The highest BCUT2D eigenvalue weighted by molar-refractivity contribution is 7.26. The summed E-state index contributed by atoms with van der Waals surface area (Å²) in [6.45, 7) is 16.3. The first-order valence-corrected chi connectivity index (χ1v) is 25.5. The van der Waals surface area contributed by atoms with Crippen LogP contribution < -0.4 is 4.90 Å². The summed E-state index contributed by atoms with van der Waals surface area (Å²) < 4.78 is 4.96. The second kappa shape index (κ2) is 16.5. The second-order valence-electron chi connectivity index (χ2n) is 20.5. The van der Waals surface area contributed by atoms with E-state index in [4.69, 9.17) is 15.0 Å². The number of anilines is 2. The van der Waals surface area contributed by atoms with Gasteiger partial charge in [0.1, 0.15) is 0 Å². The Balaban J connectivity index is 1.13. The van der Waals surface area contributed by atoms with Gasteiger partial charge in [-0.2, -0.15) is 0 Å². The van der Waals surface area contributed by atoms with Crippen molar-refractivity contribution in [2.24, 2.45) is 0 Å². The topological polar surface area (TPSA) is 41.9 Å². The molecule has 0 unspecified atom stereocenters. The minimum Gasteiger partial charge on any atom is -0.313 e. The predicted molar refractivity (Wildman–Crippen MR) is 296 cm³/mol. The number of allylic oxidation sites excluding steroid dienone is 2. The van der Waals surface area contributed by atoms with Crippen molar-refractivity contribution < 1.29 is 0 Å². The maximum Gasteiger partial charge on any atom is 0.164 e. The lowest BCUT2D eigenvalue weighted by atomic mass is 9.76. The molecule has 3 aromatic heterocycles. The maximum absolute atomic E-state index is 5.46. The number of rotatable bonds is 6. The van der Waals surface area contributed by atoms with E-state index in [9.17, 15) is 0 Å². The Morgan fingerprint density at radius 1 is 0.420 bits per heavy atom. The zero-order valence-corrected chi connectivity index (χ0v) is 41.7. The van der Waals surface area contributed by atoms with Crippen molar-refractivity contribution in [3.05, 3.63) is 198 Å². The van der Waals surface area contributed by atoms with Crippen molar-refractivity contribution in [2.75, 3.05) is 4.90 Å². The molecule has 0 aliphatic carbocycles. The van der Waals surface area contributed by atoms with E-state index in [0.717, 1.165) is 51.1 Å². The standard InChI is InChI=1S/C63H52N4S2/c1-38-26-27-41-32-45(62(2,3)4)37-52(63(5,6)7)57(41)67(38)58-50(39-18-10-8-11-19-39)33-44(34-51(58)40-20-12-9-13-21-40)61-65-59(42-28-30-48-46-22-14-16-24-53(46)68-55(48)35-42)64-60(66-61)43-29-31-49-47-23-15-17-25-54(47)69-56(49)36-43/h8-26,28-37H,27H2,1-7H3. The van der Waals surface area contributed by atoms with Crippen LogP contribution in [0.1, 0.15) is 65.2 Å². The van der Waals surface area contributed by atoms with Crippen molar-refractivity contribution in [3.63, 3.8) is 0 Å². The third kappa shape index (κ3) is 7.63. The van der Waals surface area contributed by atoms with Crippen LogP contribution >= 0.6 is 22.7 Å². The fourth-order valence-corrected chi connectivity index (χ4v) is 12.4. The fraction of sp³-hybridized carbons (Fsp3) is 0.159. The van der Waals surface area contributed by atoms with Gasteiger partial charge in [0, 0.05) is 73.9 Å². The van der Waals surface area contributed by atoms with E-state index < -0.39 is 0 Å². The van der Waals surface area contributed by atoms with Gasteiger partial charge in [0.15, 0.2) is 17.5 Å². The van der Waals surface area contributed by atoms with E-state index in [-0.39, 0.29) is 10.8 Å². The first-order valence-electron chi connectivity index (χ1n) is 23.9. The van der Waals surface area contributed by atoms with Crippen molar-refractivity contribution in [1.29, 1.82) is 0 Å². The van der Waals surface area contributed by atoms with Crippen LogP contribution in [0.15, 0.2) is 182 Å². The summed E-state index contributed by atoms with van der Waals surface area (Å²) in [6, 6.07) is 61.9. The Bertz CT molecular complexity index is 3650. The Morgan fingerprint density at radius 3 is 1.38 bits per heavy atom. The largest absolute Gasteiger partial charge is 0.313 e. The summed E-state index contributed by atoms with van der Waals surface area (Å²) in [5.41, 5.74) is 14.8. The lowest BCUT2D eigenvalue weighted by molar-refractivity contribution is 0.567. The highest BCUT2D eigenvalue weighted by Crippen LogP contribution is 2.52. The van der Waals surface area contributed by atoms with Gasteiger partial charge >= 0.3 is 0 Å². The summed E-state index contributed by atoms with van der Waals surface area (Å²) in [4.78, 5) is 18.8. The molecule has 0 atom stereocenters. The molecule has 12 rings (SSSR count). The molecule has 1 aliphatic rings. The Hall–Kier alpha value is -7.25. The first-order chi connectivity index (χ1) is 33.4. The molecule has 69 heavy (non-hydrogen) atoms. The Morgan fingerprint density at radius 2 is 0.884 bits per heavy atom. The van der Waals surface area contributed by atoms with Crippen LogP contribution in [-0.2, 0) is 17.3 Å². The molecule has 4 heterocycles. The molecule has 6 heteroatoms. The molecule has 0 saturated carbocycles. The fourth-order valence-electron chi connectivity index (χ4n) is 10.1. The molecule has 0 spiro atoms. The molecule has 4 nitrogen and oxygen atoms in total. The smallest absolute Gasteiger partial charge is 0.164 e. The van der Waals surface area contributed by atoms with Crippen molar-refractivity contribution in [2.45, 2.75) is 65.7 Å². The van der Waals surface area contributed by atoms with Gasteiger partial charge in [0.2, 0.25) is 0 Å². The van der Waals surface area contributed by atoms with E-state index in [1.165, 1.54) is 68.4 Å². The number of fused-ring (bicyclic) bond motifs is 7. The predicted octanol–water partition coefficient (Wildman–Crippen LogP) is 18.1. The first kappa shape index (κ1) is 43.1. The number of hydrogen-bond donors (Lipinski definition) is 0. The van der Waals surface area contributed by atoms with Crippen molar-refractivity contribution >= 4 is 74.4 Å². The molecule has 11 aromatic rings. The van der Waals surface area contributed by atoms with Gasteiger partial charge < -0.3 is 4.90 Å².